The third-order valence-corrected chi connectivity index (χ3v) is 5.31. The first kappa shape index (κ1) is 19.6. The summed E-state index contributed by atoms with van der Waals surface area (Å²) in [5.41, 5.74) is 4.00. The van der Waals surface area contributed by atoms with Gasteiger partial charge in [-0.05, 0) is 62.0 Å². The molecule has 0 saturated carbocycles. The highest BCUT2D eigenvalue weighted by Crippen LogP contribution is 2.22. The van der Waals surface area contributed by atoms with Crippen molar-refractivity contribution in [2.45, 2.75) is 52.0 Å². The Morgan fingerprint density at radius 2 is 1.96 bits per heavy atom. The van der Waals surface area contributed by atoms with Crippen molar-refractivity contribution in [1.29, 1.82) is 0 Å². The lowest BCUT2D eigenvalue weighted by molar-refractivity contribution is 0.0783. The van der Waals surface area contributed by atoms with Gasteiger partial charge >= 0.3 is 0 Å². The van der Waals surface area contributed by atoms with Gasteiger partial charge in [0.15, 0.2) is 0 Å². The highest BCUT2D eigenvalue weighted by Gasteiger charge is 2.20. The molecular weight excluding hydrogens is 336 g/mol. The number of nitrogens with zero attached hydrogens (tertiary/aromatic N) is 2. The summed E-state index contributed by atoms with van der Waals surface area (Å²) < 4.78 is 0. The number of hydrogen-bond acceptors (Lipinski definition) is 3. The summed E-state index contributed by atoms with van der Waals surface area (Å²) in [7, 11) is 1.85. The maximum absolute atomic E-state index is 12.9. The average molecular weight is 369 g/mol. The monoisotopic (exact) mass is 368 g/mol. The molecule has 146 valence electrons. The van der Waals surface area contributed by atoms with Crippen LogP contribution in [0.2, 0.25) is 0 Å². The van der Waals surface area contributed by atoms with Gasteiger partial charge in [-0.1, -0.05) is 32.9 Å². The molecule has 1 amide bonds. The summed E-state index contributed by atoms with van der Waals surface area (Å²) in [5, 5.41) is 10.9. The largest absolute Gasteiger partial charge is 0.336 e. The van der Waals surface area contributed by atoms with E-state index in [-0.39, 0.29) is 11.3 Å². The van der Waals surface area contributed by atoms with E-state index >= 15 is 0 Å². The summed E-state index contributed by atoms with van der Waals surface area (Å²) in [6, 6.07) is 10.2. The van der Waals surface area contributed by atoms with Gasteiger partial charge in [0.2, 0.25) is 0 Å². The standard InChI is InChI=1S/C22H32N4O/c1-22(2,3)20-14-19(24-25-20)15-26(4)21(27)18-7-5-6-17(13-18)12-16-8-10-23-11-9-16/h5-7,13-14,16,23H,8-12,15H2,1-4H3,(H,24,25). The molecule has 2 N–H and O–H groups in total. The molecule has 0 bridgehead atoms. The normalized spacial score (nSPS) is 15.7. The summed E-state index contributed by atoms with van der Waals surface area (Å²) >= 11 is 0. The van der Waals surface area contributed by atoms with E-state index in [0.717, 1.165) is 42.4 Å². The van der Waals surface area contributed by atoms with E-state index < -0.39 is 0 Å². The van der Waals surface area contributed by atoms with Crippen molar-refractivity contribution >= 4 is 5.91 Å². The van der Waals surface area contributed by atoms with Gasteiger partial charge in [-0.15, -0.1) is 0 Å². The van der Waals surface area contributed by atoms with Crippen LogP contribution < -0.4 is 5.32 Å². The molecule has 5 nitrogen and oxygen atoms in total. The second-order valence-corrected chi connectivity index (χ2v) is 8.79. The summed E-state index contributed by atoms with van der Waals surface area (Å²) in [6.45, 7) is 9.14. The van der Waals surface area contributed by atoms with Gasteiger partial charge in [-0.25, -0.2) is 0 Å². The molecule has 0 spiro atoms. The number of benzene rings is 1. The predicted octanol–water partition coefficient (Wildman–Crippen LogP) is 3.52. The minimum absolute atomic E-state index is 0.000298. The molecule has 2 heterocycles. The van der Waals surface area contributed by atoms with Crippen LogP contribution in [0.5, 0.6) is 0 Å². The van der Waals surface area contributed by atoms with Crippen LogP contribution in [0.1, 0.15) is 60.9 Å². The van der Waals surface area contributed by atoms with Crippen molar-refractivity contribution in [3.05, 3.63) is 52.8 Å². The van der Waals surface area contributed by atoms with Gasteiger partial charge in [-0.3, -0.25) is 9.89 Å². The van der Waals surface area contributed by atoms with Crippen LogP contribution in [-0.4, -0.2) is 41.1 Å². The minimum atomic E-state index is 0.000298. The molecule has 3 rings (SSSR count). The molecule has 27 heavy (non-hydrogen) atoms. The van der Waals surface area contributed by atoms with Crippen molar-refractivity contribution in [1.82, 2.24) is 20.4 Å². The fourth-order valence-electron chi connectivity index (χ4n) is 3.63. The Labute approximate surface area is 162 Å². The molecule has 5 heteroatoms. The maximum atomic E-state index is 12.9. The summed E-state index contributed by atoms with van der Waals surface area (Å²) in [4.78, 5) is 14.6. The van der Waals surface area contributed by atoms with Crippen LogP contribution in [0.25, 0.3) is 0 Å². The van der Waals surface area contributed by atoms with Crippen LogP contribution in [0.15, 0.2) is 30.3 Å². The van der Waals surface area contributed by atoms with Gasteiger partial charge in [0.25, 0.3) is 5.91 Å². The average Bonchev–Trinajstić information content (AvgIpc) is 3.11. The van der Waals surface area contributed by atoms with Gasteiger partial charge in [0.05, 0.1) is 17.9 Å². The lowest BCUT2D eigenvalue weighted by Gasteiger charge is -2.23. The molecule has 0 radical (unpaired) electrons. The number of aromatic nitrogens is 2. The van der Waals surface area contributed by atoms with Gasteiger partial charge < -0.3 is 10.2 Å². The molecule has 1 aromatic heterocycles. The number of H-pyrrole nitrogens is 1. The first-order chi connectivity index (χ1) is 12.8. The zero-order valence-electron chi connectivity index (χ0n) is 17.0. The molecule has 1 aliphatic heterocycles. The topological polar surface area (TPSA) is 61.0 Å². The van der Waals surface area contributed by atoms with E-state index in [0.29, 0.717) is 6.54 Å². The zero-order valence-corrected chi connectivity index (χ0v) is 17.0. The predicted molar refractivity (Wildman–Crippen MR) is 109 cm³/mol. The van der Waals surface area contributed by atoms with E-state index in [9.17, 15) is 4.79 Å². The van der Waals surface area contributed by atoms with E-state index in [2.05, 4.69) is 54.5 Å². The van der Waals surface area contributed by atoms with Crippen LogP contribution in [0.3, 0.4) is 0 Å². The number of rotatable bonds is 5. The molecular formula is C22H32N4O. The van der Waals surface area contributed by atoms with Crippen LogP contribution in [0, 0.1) is 5.92 Å². The quantitative estimate of drug-likeness (QED) is 0.849. The SMILES string of the molecule is CN(Cc1cc(C(C)(C)C)n[nH]1)C(=O)c1cccc(CC2CCNCC2)c1. The van der Waals surface area contributed by atoms with Gasteiger partial charge in [-0.2, -0.15) is 5.10 Å². The molecule has 1 aliphatic rings. The van der Waals surface area contributed by atoms with Gasteiger partial charge in [0, 0.05) is 18.0 Å². The molecule has 1 aromatic carbocycles. The third-order valence-electron chi connectivity index (χ3n) is 5.31. The number of nitrogens with one attached hydrogen (secondary N) is 2. The second-order valence-electron chi connectivity index (χ2n) is 8.79. The van der Waals surface area contributed by atoms with Crippen LogP contribution in [-0.2, 0) is 18.4 Å². The molecule has 1 fully saturated rings. The minimum Gasteiger partial charge on any atom is -0.336 e. The Morgan fingerprint density at radius 3 is 2.63 bits per heavy atom. The number of aromatic amines is 1. The second kappa shape index (κ2) is 8.26. The molecule has 0 unspecified atom stereocenters. The third kappa shape index (κ3) is 5.19. The smallest absolute Gasteiger partial charge is 0.253 e. The highest BCUT2D eigenvalue weighted by molar-refractivity contribution is 5.94. The fraction of sp³-hybridized carbons (Fsp3) is 0.545. The van der Waals surface area contributed by atoms with Crippen molar-refractivity contribution in [3.8, 4) is 0 Å². The highest BCUT2D eigenvalue weighted by atomic mass is 16.2. The Bertz CT molecular complexity index is 769. The van der Waals surface area contributed by atoms with Crippen LogP contribution >= 0.6 is 0 Å². The first-order valence-corrected chi connectivity index (χ1v) is 9.93. The van der Waals surface area contributed by atoms with Crippen molar-refractivity contribution in [3.63, 3.8) is 0 Å². The zero-order chi connectivity index (χ0) is 19.4. The van der Waals surface area contributed by atoms with Gasteiger partial charge in [0.1, 0.15) is 0 Å². The molecule has 0 atom stereocenters. The Balaban J connectivity index is 1.64. The molecule has 0 aliphatic carbocycles. The van der Waals surface area contributed by atoms with Crippen molar-refractivity contribution in [2.24, 2.45) is 5.92 Å². The van der Waals surface area contributed by atoms with E-state index in [1.807, 2.05) is 19.2 Å². The van der Waals surface area contributed by atoms with Crippen LogP contribution in [0.4, 0.5) is 0 Å². The number of piperidine rings is 1. The molecule has 1 saturated heterocycles. The van der Waals surface area contributed by atoms with E-state index in [1.54, 1.807) is 4.90 Å². The number of carbonyl (C=O) groups is 1. The Hall–Kier alpha value is -2.14. The van der Waals surface area contributed by atoms with E-state index in [1.165, 1.54) is 18.4 Å². The van der Waals surface area contributed by atoms with E-state index in [4.69, 9.17) is 0 Å². The Kier molecular flexibility index (Phi) is 6.00. The fourth-order valence-corrected chi connectivity index (χ4v) is 3.63. The number of carbonyl (C=O) groups excluding carboxylic acids is 1. The Morgan fingerprint density at radius 1 is 1.22 bits per heavy atom. The van der Waals surface area contributed by atoms with Crippen molar-refractivity contribution in [2.75, 3.05) is 20.1 Å². The number of hydrogen-bond donors (Lipinski definition) is 2. The lowest BCUT2D eigenvalue weighted by Crippen LogP contribution is -2.29. The van der Waals surface area contributed by atoms with Crippen molar-refractivity contribution < 1.29 is 4.79 Å². The maximum Gasteiger partial charge on any atom is 0.253 e. The lowest BCUT2D eigenvalue weighted by atomic mass is 9.90. The summed E-state index contributed by atoms with van der Waals surface area (Å²) in [5.74, 6) is 0.768. The first-order valence-electron chi connectivity index (χ1n) is 9.93. The number of amides is 1. The summed E-state index contributed by atoms with van der Waals surface area (Å²) in [6.07, 6.45) is 3.49. The molecule has 2 aromatic rings.